The number of carboxylic acid groups (broad SMARTS) is 1. The lowest BCUT2D eigenvalue weighted by molar-refractivity contribution is -0.145. The van der Waals surface area contributed by atoms with Gasteiger partial charge in [0.05, 0.1) is 11.8 Å². The quantitative estimate of drug-likeness (QED) is 0.324. The number of fused-ring (bicyclic) bond motifs is 1. The molecular weight excluding hydrogens is 654 g/mol. The van der Waals surface area contributed by atoms with E-state index in [1.54, 1.807) is 52.0 Å². The number of aliphatic hydroxyl groups excluding tert-OH is 1. The van der Waals surface area contributed by atoms with Crippen LogP contribution in [0, 0.1) is 18.8 Å². The zero-order valence-corrected chi connectivity index (χ0v) is 30.3. The molecule has 276 valence electrons. The Hall–Kier alpha value is -4.78. The average molecular weight is 706 g/mol. The summed E-state index contributed by atoms with van der Waals surface area (Å²) in [6, 6.07) is 9.06. The van der Waals surface area contributed by atoms with E-state index in [9.17, 15) is 34.2 Å². The van der Waals surface area contributed by atoms with Gasteiger partial charge in [0.2, 0.25) is 11.8 Å². The maximum Gasteiger partial charge on any atom is 0.408 e. The third-order valence-corrected chi connectivity index (χ3v) is 9.17. The highest BCUT2D eigenvalue weighted by Gasteiger charge is 2.50. The molecule has 1 aromatic heterocycles. The predicted octanol–water partition coefficient (Wildman–Crippen LogP) is 3.94. The Balaban J connectivity index is 1.66. The van der Waals surface area contributed by atoms with Crippen LogP contribution < -0.4 is 10.6 Å². The molecule has 3 heterocycles. The van der Waals surface area contributed by atoms with Gasteiger partial charge < -0.3 is 35.4 Å². The molecule has 4 amide bonds. The Kier molecular flexibility index (Phi) is 13.0. The van der Waals surface area contributed by atoms with Gasteiger partial charge in [-0.05, 0) is 65.2 Å². The van der Waals surface area contributed by atoms with Crippen molar-refractivity contribution in [2.24, 2.45) is 11.8 Å². The van der Waals surface area contributed by atoms with Crippen molar-refractivity contribution < 1.29 is 38.9 Å². The molecule has 51 heavy (non-hydrogen) atoms. The van der Waals surface area contributed by atoms with Crippen LogP contribution in [-0.2, 0) is 19.1 Å². The molecule has 6 atom stereocenters. The number of aryl methyl sites for hydroxylation is 1. The standard InChI is InChI=1S/C38H51N5O8/c1-23-14-12-16-25(20-23)27-18-13-19-28(39-27)34(46)42(6)21-26-30(44)22-43-32(26)33(45)41-31(36(48)49)24(2)15-10-8-7-9-11-17-29(35(43)47)40-37(50)51-38(3,4)5/h10,12-16,18-20,24,26,29-32,44H,7-9,11,17,21-22H2,1-6H3,(H,40,50)(H,41,45)(H,48,49)/b15-10-/t24-,26-,29+,30-,31?,32-/m0/s1. The predicted molar refractivity (Wildman–Crippen MR) is 190 cm³/mol. The van der Waals surface area contributed by atoms with Gasteiger partial charge in [0.1, 0.15) is 29.4 Å². The first-order chi connectivity index (χ1) is 24.1. The molecule has 2 aliphatic rings. The molecule has 1 unspecified atom stereocenters. The summed E-state index contributed by atoms with van der Waals surface area (Å²) in [4.78, 5) is 74.5. The molecule has 1 fully saturated rings. The van der Waals surface area contributed by atoms with Crippen molar-refractivity contribution in [3.63, 3.8) is 0 Å². The summed E-state index contributed by atoms with van der Waals surface area (Å²) >= 11 is 0. The number of nitrogens with zero attached hydrogens (tertiary/aromatic N) is 3. The van der Waals surface area contributed by atoms with Crippen molar-refractivity contribution in [2.45, 2.75) is 96.6 Å². The SMILES string of the molecule is Cc1cccc(-c2cccc(C(=O)N(C)C[C@@H]3[C@H]4C(=O)NC(C(=O)O)[C@@H](C)/C=C\CCCCC[C@@H](NC(=O)OC(C)(C)C)C(=O)N4C[C@@H]3O)n2)c1. The van der Waals surface area contributed by atoms with Crippen molar-refractivity contribution >= 4 is 29.8 Å². The lowest BCUT2D eigenvalue weighted by Crippen LogP contribution is -2.58. The van der Waals surface area contributed by atoms with Gasteiger partial charge in [0, 0.05) is 37.5 Å². The van der Waals surface area contributed by atoms with Gasteiger partial charge in [-0.2, -0.15) is 0 Å². The number of alkyl carbamates (subject to hydrolysis) is 1. The topological polar surface area (TPSA) is 178 Å². The van der Waals surface area contributed by atoms with Crippen LogP contribution in [0.1, 0.15) is 75.9 Å². The van der Waals surface area contributed by atoms with Gasteiger partial charge in [0.15, 0.2) is 0 Å². The molecule has 2 aromatic rings. The highest BCUT2D eigenvalue weighted by Crippen LogP contribution is 2.29. The van der Waals surface area contributed by atoms with E-state index in [1.165, 1.54) is 16.8 Å². The number of benzene rings is 1. The third kappa shape index (κ3) is 10.4. The van der Waals surface area contributed by atoms with E-state index >= 15 is 0 Å². The van der Waals surface area contributed by atoms with Gasteiger partial charge in [-0.25, -0.2) is 14.6 Å². The van der Waals surface area contributed by atoms with E-state index in [0.29, 0.717) is 18.5 Å². The van der Waals surface area contributed by atoms with E-state index in [4.69, 9.17) is 4.74 Å². The number of hydrogen-bond acceptors (Lipinski definition) is 8. The summed E-state index contributed by atoms with van der Waals surface area (Å²) < 4.78 is 5.43. The summed E-state index contributed by atoms with van der Waals surface area (Å²) in [6.07, 6.45) is 4.59. The fraction of sp³-hybridized carbons (Fsp3) is 0.526. The smallest absolute Gasteiger partial charge is 0.408 e. The lowest BCUT2D eigenvalue weighted by Gasteiger charge is -2.33. The minimum absolute atomic E-state index is 0.150. The van der Waals surface area contributed by atoms with E-state index < -0.39 is 71.5 Å². The van der Waals surface area contributed by atoms with Crippen LogP contribution in [0.5, 0.6) is 0 Å². The number of hydrogen-bond donors (Lipinski definition) is 4. The molecule has 13 heteroatoms. The molecule has 0 spiro atoms. The fourth-order valence-electron chi connectivity index (χ4n) is 6.56. The summed E-state index contributed by atoms with van der Waals surface area (Å²) in [6.45, 7) is 8.31. The Morgan fingerprint density at radius 1 is 1.10 bits per heavy atom. The molecule has 0 radical (unpaired) electrons. The minimum Gasteiger partial charge on any atom is -0.480 e. The molecule has 13 nitrogen and oxygen atoms in total. The molecule has 0 aliphatic carbocycles. The number of amides is 4. The van der Waals surface area contributed by atoms with Crippen LogP contribution in [0.3, 0.4) is 0 Å². The first-order valence-corrected chi connectivity index (χ1v) is 17.5. The number of rotatable bonds is 6. The monoisotopic (exact) mass is 705 g/mol. The fourth-order valence-corrected chi connectivity index (χ4v) is 6.56. The normalized spacial score (nSPS) is 25.4. The van der Waals surface area contributed by atoms with Gasteiger partial charge in [-0.3, -0.25) is 14.4 Å². The number of aromatic nitrogens is 1. The number of carbonyl (C=O) groups excluding carboxylic acids is 4. The zero-order valence-electron chi connectivity index (χ0n) is 30.3. The second-order valence-corrected chi connectivity index (χ2v) is 14.6. The maximum atomic E-state index is 14.3. The zero-order chi connectivity index (χ0) is 37.5. The van der Waals surface area contributed by atoms with Gasteiger partial charge in [0.25, 0.3) is 5.91 Å². The van der Waals surface area contributed by atoms with Crippen molar-refractivity contribution in [1.82, 2.24) is 25.4 Å². The number of pyridine rings is 1. The van der Waals surface area contributed by atoms with Gasteiger partial charge in [-0.1, -0.05) is 61.7 Å². The van der Waals surface area contributed by atoms with Crippen molar-refractivity contribution in [1.29, 1.82) is 0 Å². The Labute approximate surface area is 299 Å². The number of aliphatic hydroxyl groups is 1. The molecule has 1 aromatic carbocycles. The largest absolute Gasteiger partial charge is 0.480 e. The Morgan fingerprint density at radius 3 is 2.51 bits per heavy atom. The van der Waals surface area contributed by atoms with Crippen LogP contribution in [0.15, 0.2) is 54.6 Å². The molecule has 0 bridgehead atoms. The van der Waals surface area contributed by atoms with Crippen molar-refractivity contribution in [2.75, 3.05) is 20.1 Å². The van der Waals surface area contributed by atoms with Crippen LogP contribution >= 0.6 is 0 Å². The lowest BCUT2D eigenvalue weighted by atomic mass is 9.94. The molecule has 1 saturated heterocycles. The Bertz CT molecular complexity index is 1620. The number of aliphatic carboxylic acids is 1. The number of ether oxygens (including phenoxy) is 1. The minimum atomic E-state index is -1.36. The van der Waals surface area contributed by atoms with E-state index in [2.05, 4.69) is 15.6 Å². The summed E-state index contributed by atoms with van der Waals surface area (Å²) in [5.74, 6) is -4.70. The van der Waals surface area contributed by atoms with Gasteiger partial charge in [-0.15, -0.1) is 0 Å². The molecule has 4 N–H and O–H groups in total. The second kappa shape index (κ2) is 17.0. The van der Waals surface area contributed by atoms with E-state index in [1.807, 2.05) is 37.3 Å². The number of carboxylic acids is 1. The molecule has 2 aliphatic heterocycles. The first-order valence-electron chi connectivity index (χ1n) is 17.5. The van der Waals surface area contributed by atoms with Crippen LogP contribution in [0.4, 0.5) is 4.79 Å². The maximum absolute atomic E-state index is 14.3. The summed E-state index contributed by atoms with van der Waals surface area (Å²) in [5.41, 5.74) is 1.80. The van der Waals surface area contributed by atoms with E-state index in [-0.39, 0.29) is 25.2 Å². The van der Waals surface area contributed by atoms with Crippen LogP contribution in [-0.4, -0.2) is 105 Å². The first kappa shape index (κ1) is 39.0. The van der Waals surface area contributed by atoms with Crippen LogP contribution in [0.25, 0.3) is 11.3 Å². The molecular formula is C38H51N5O8. The third-order valence-electron chi connectivity index (χ3n) is 9.17. The second-order valence-electron chi connectivity index (χ2n) is 14.6. The van der Waals surface area contributed by atoms with Crippen LogP contribution in [0.2, 0.25) is 0 Å². The number of allylic oxidation sites excluding steroid dienone is 1. The van der Waals surface area contributed by atoms with Crippen molar-refractivity contribution in [3.05, 3.63) is 65.9 Å². The molecule has 0 saturated carbocycles. The molecule has 4 rings (SSSR count). The van der Waals surface area contributed by atoms with E-state index in [0.717, 1.165) is 24.0 Å². The van der Waals surface area contributed by atoms with Gasteiger partial charge >= 0.3 is 12.1 Å². The number of nitrogens with one attached hydrogen (secondary N) is 2. The summed E-state index contributed by atoms with van der Waals surface area (Å²) in [5, 5.41) is 26.8. The Morgan fingerprint density at radius 2 is 1.82 bits per heavy atom. The average Bonchev–Trinajstić information content (AvgIpc) is 3.39. The highest BCUT2D eigenvalue weighted by molar-refractivity contribution is 5.95. The summed E-state index contributed by atoms with van der Waals surface area (Å²) in [7, 11) is 1.52. The number of carbonyl (C=O) groups is 5. The van der Waals surface area contributed by atoms with Crippen molar-refractivity contribution in [3.8, 4) is 11.3 Å². The highest BCUT2D eigenvalue weighted by atomic mass is 16.6.